The summed E-state index contributed by atoms with van der Waals surface area (Å²) in [5.74, 6) is -5.20. The van der Waals surface area contributed by atoms with Crippen molar-refractivity contribution < 1.29 is 218 Å². The van der Waals surface area contributed by atoms with Gasteiger partial charge < -0.3 is 137 Å². The lowest BCUT2D eigenvalue weighted by Crippen LogP contribution is -2.38. The summed E-state index contributed by atoms with van der Waals surface area (Å²) in [6, 6.07) is 0. The molecule has 5 aliphatic heterocycles. The molecule has 19 N–H and O–H groups in total. The first-order valence-corrected chi connectivity index (χ1v) is 43.8. The predicted molar refractivity (Wildman–Crippen MR) is 368 cm³/mol. The van der Waals surface area contributed by atoms with Gasteiger partial charge in [-0.15, -0.1) is 0 Å². The minimum atomic E-state index is -5.80. The number of phosphoric ester groups is 1. The molecule has 62 nitrogen and oxygen atoms in total. The molecule has 0 aliphatic carbocycles. The summed E-state index contributed by atoms with van der Waals surface area (Å²) in [5.41, 5.74) is -8.11. The summed E-state index contributed by atoms with van der Waals surface area (Å²) in [7, 11) is -28.5. The third kappa shape index (κ3) is 28.5. The van der Waals surface area contributed by atoms with Crippen LogP contribution in [0.4, 0.5) is 0 Å². The minimum absolute atomic E-state index is 0.382. The van der Waals surface area contributed by atoms with E-state index >= 15 is 0 Å². The van der Waals surface area contributed by atoms with E-state index in [-0.39, 0.29) is 5.75 Å². The Morgan fingerprint density at radius 2 is 0.689 bits per heavy atom. The standard InChI is InChI=1S/C12H15Cl2N2O10P.C12H19N2O18P3.C12H17N2O17P3.C12H16N2O9/c1-23-7(17)4-24-5-2-16(12(21)15-10(5)20)11-9(19)8(18)6(26-11)3-25-27(13,14)22;1-27-7(15)4-28-5-2-14(12(19)13-10(5)18)11-9(17)8(16)6(30-11)3-29-34(23,24)32-35(25,26)31-33(20,21)22;1-25-7(15)4-26-5-2-14(12(19)13-10(5)18)11-9(17)8(16)6(28-11)3-27-34(24)30-32(20,21)29-33(22,23)31-34;1-21-7(16)4-22-5-2-14(12(20)13-10(5)19)11-9(18)8(17)6(3-15)23-11/h2,6,8-9,11,18-19H,3-4H2,1H3,(H,15,20,21);2,6,8-9,11,16-17H,3-4H2,1H3,(H,23,24)(H,25,26)(H,13,18,19)(H2,20,21,22);2,6,8-9,11,16-17H,3-4H2,1H3,(H,20,21)(H,22,23)(H,13,18,19);2,6,8-9,11,15,17-18H,3-4H2,1H3,(H,13,19,20)/t4*6-,8+,9?,11-/m1111/s1. The van der Waals surface area contributed by atoms with E-state index < -0.39 is 290 Å². The lowest BCUT2D eigenvalue weighted by Gasteiger charge is -2.27. The molecule has 0 saturated carbocycles. The van der Waals surface area contributed by atoms with Crippen LogP contribution < -0.4 is 63.9 Å². The summed E-state index contributed by atoms with van der Waals surface area (Å²) in [5, 5.41) is 89.6. The minimum Gasteiger partial charge on any atom is -0.475 e. The number of esters is 4. The van der Waals surface area contributed by atoms with Gasteiger partial charge in [-0.1, -0.05) is 0 Å². The molecule has 0 aromatic carbocycles. The van der Waals surface area contributed by atoms with Crippen LogP contribution in [-0.4, -0.2) is 292 Å². The number of ether oxygens (including phenoxy) is 12. The fourth-order valence-corrected chi connectivity index (χ4v) is 18.1. The molecule has 0 spiro atoms. The Hall–Kier alpha value is -7.09. The van der Waals surface area contributed by atoms with Crippen LogP contribution in [0.1, 0.15) is 24.9 Å². The molecule has 9 heterocycles. The number of phosphoric acid groups is 6. The van der Waals surface area contributed by atoms with Crippen LogP contribution in [0.2, 0.25) is 0 Å². The average Bonchev–Trinajstić information content (AvgIpc) is 1.73. The second kappa shape index (κ2) is 41.9. The molecule has 5 fully saturated rings. The van der Waals surface area contributed by atoms with Crippen molar-refractivity contribution in [3.05, 3.63) is 108 Å². The third-order valence-electron chi connectivity index (χ3n) is 14.9. The zero-order valence-corrected chi connectivity index (χ0v) is 67.3. The molecule has 4 aromatic rings. The van der Waals surface area contributed by atoms with Crippen LogP contribution >= 0.6 is 75.5 Å². The number of carbonyl (C=O) groups is 4. The predicted octanol–water partition coefficient (Wildman–Crippen LogP) is -8.84. The van der Waals surface area contributed by atoms with Crippen molar-refractivity contribution in [2.45, 2.75) is 98.2 Å². The maximum atomic E-state index is 12.3. The number of hydrogen-bond acceptors (Lipinski definition) is 48. The Balaban J connectivity index is 0.000000249. The number of rotatable bonds is 30. The SMILES string of the molecule is COC(=O)COc1cn([C@@H]2O[C@H](CO)[C@H](O)C2O)c(=O)[nH]c1=O.COC(=O)COc1cn([C@@H]2O[C@H](COP(=O)(Cl)Cl)[C@H](O)C2O)c(=O)[nH]c1=O.COC(=O)COc1cn([C@@H]2O[C@H](COP(=O)(O)OP(=O)(O)OP(=O)(O)O)[C@H](O)C2O)c(=O)[nH]c1=O.COC(=O)COc1cn([C@@H]2O[C@H](COP3(=O)OP(=O)(O)OP(=O)(O)O3)[C@H](O)C2O)c(=O)[nH]c1=O. The number of methoxy groups -OCH3 is 4. The molecule has 5 saturated heterocycles. The fourth-order valence-electron chi connectivity index (χ4n) is 9.49. The summed E-state index contributed by atoms with van der Waals surface area (Å²) in [4.78, 5) is 201. The van der Waals surface area contributed by atoms with E-state index in [2.05, 4.69) is 54.1 Å². The van der Waals surface area contributed by atoms with Gasteiger partial charge in [-0.25, -0.2) is 65.7 Å². The van der Waals surface area contributed by atoms with Crippen molar-refractivity contribution in [2.24, 2.45) is 0 Å². The highest BCUT2D eigenvalue weighted by Crippen LogP contribution is 2.80. The number of aliphatic hydroxyl groups is 9. The Labute approximate surface area is 664 Å². The van der Waals surface area contributed by atoms with Crippen molar-refractivity contribution in [3.63, 3.8) is 0 Å². The number of aromatic nitrogens is 8. The Morgan fingerprint density at radius 1 is 0.420 bits per heavy atom. The number of carbonyl (C=O) groups excluding carboxylic acids is 4. The number of hydrogen-bond donors (Lipinski definition) is 19. The lowest BCUT2D eigenvalue weighted by atomic mass is 10.1. The lowest BCUT2D eigenvalue weighted by molar-refractivity contribution is -0.143. The number of halogens is 2. The average molecular weight is 1910 g/mol. The van der Waals surface area contributed by atoms with E-state index in [0.717, 1.165) is 62.4 Å². The van der Waals surface area contributed by atoms with Gasteiger partial charge in [0.05, 0.1) is 79.7 Å². The molecule has 119 heavy (non-hydrogen) atoms. The van der Waals surface area contributed by atoms with Gasteiger partial charge in [0.25, 0.3) is 22.2 Å². The molecule has 672 valence electrons. The largest absolute Gasteiger partial charge is 0.492 e. The van der Waals surface area contributed by atoms with Crippen molar-refractivity contribution in [2.75, 3.05) is 81.3 Å². The number of aliphatic hydroxyl groups excluding tert-OH is 9. The molecule has 4 aromatic heterocycles. The number of aromatic amines is 4. The third-order valence-corrected chi connectivity index (χ3v) is 25.1. The van der Waals surface area contributed by atoms with Gasteiger partial charge in [0, 0.05) is 0 Å². The summed E-state index contributed by atoms with van der Waals surface area (Å²) in [6.07, 6.45) is -26.1. The van der Waals surface area contributed by atoms with Gasteiger partial charge in [0.2, 0.25) is 23.0 Å². The van der Waals surface area contributed by atoms with Gasteiger partial charge in [-0.2, -0.15) is 21.6 Å². The van der Waals surface area contributed by atoms with Crippen molar-refractivity contribution in [1.29, 1.82) is 0 Å². The quantitative estimate of drug-likeness (QED) is 0.0131. The maximum absolute atomic E-state index is 12.3. The van der Waals surface area contributed by atoms with Gasteiger partial charge in [-0.3, -0.25) is 71.0 Å². The molecule has 0 amide bonds. The van der Waals surface area contributed by atoms with Gasteiger partial charge >= 0.3 is 99.6 Å². The zero-order valence-electron chi connectivity index (χ0n) is 59.5. The second-order valence-corrected chi connectivity index (χ2v) is 36.7. The van der Waals surface area contributed by atoms with E-state index in [1.165, 1.54) is 0 Å². The number of nitrogens with zero attached hydrogens (tertiary/aromatic N) is 4. The molecule has 71 heteroatoms. The number of H-pyrrole nitrogens is 4. The Morgan fingerprint density at radius 3 is 0.950 bits per heavy atom. The van der Waals surface area contributed by atoms with Crippen molar-refractivity contribution >= 4 is 99.4 Å². The van der Waals surface area contributed by atoms with Gasteiger partial charge in [-0.05, 0) is 22.5 Å². The topological polar surface area (TPSA) is 895 Å². The Kier molecular flexibility index (Phi) is 35.4. The van der Waals surface area contributed by atoms with Crippen molar-refractivity contribution in [3.8, 4) is 23.0 Å². The molecule has 9 rings (SSSR count). The fraction of sp³-hybridized carbons (Fsp3) is 0.583. The van der Waals surface area contributed by atoms with Crippen LogP contribution in [0, 0.1) is 0 Å². The summed E-state index contributed by atoms with van der Waals surface area (Å²) >= 11 is 10.5. The molecule has 8 unspecified atom stereocenters. The molecular weight excluding hydrogens is 1840 g/mol. The number of nitrogens with one attached hydrogen (secondary N) is 4. The highest BCUT2D eigenvalue weighted by molar-refractivity contribution is 8.05. The summed E-state index contributed by atoms with van der Waals surface area (Å²) < 4.78 is 173. The molecule has 0 radical (unpaired) electrons. The van der Waals surface area contributed by atoms with E-state index in [0.29, 0.717) is 9.13 Å². The maximum Gasteiger partial charge on any atom is 0.492 e. The summed E-state index contributed by atoms with van der Waals surface area (Å²) in [6.45, 7) is -5.86. The van der Waals surface area contributed by atoms with Crippen LogP contribution in [0.5, 0.6) is 23.0 Å². The molecular formula is C48H67Cl2N8O54P7. The second-order valence-electron chi connectivity index (χ2n) is 23.0. The van der Waals surface area contributed by atoms with Crippen LogP contribution in [0.15, 0.2) is 63.1 Å². The van der Waals surface area contributed by atoms with E-state index in [1.807, 2.05) is 15.0 Å². The van der Waals surface area contributed by atoms with Crippen LogP contribution in [-0.2, 0) is 124 Å². The first-order chi connectivity index (χ1) is 55.0. The Bertz CT molecular complexity index is 5150. The molecule has 20 atom stereocenters. The van der Waals surface area contributed by atoms with Crippen LogP contribution in [0.3, 0.4) is 0 Å². The van der Waals surface area contributed by atoms with E-state index in [1.54, 1.807) is 4.98 Å². The molecule has 0 bridgehead atoms. The first kappa shape index (κ1) is 101. The van der Waals surface area contributed by atoms with Crippen molar-refractivity contribution in [1.82, 2.24) is 38.2 Å². The van der Waals surface area contributed by atoms with E-state index in [9.17, 15) is 145 Å². The normalized spacial score (nSPS) is 29.5. The smallest absolute Gasteiger partial charge is 0.475 e. The highest BCUT2D eigenvalue weighted by atomic mass is 35.9. The highest BCUT2D eigenvalue weighted by Gasteiger charge is 2.56. The first-order valence-electron chi connectivity index (χ1n) is 31.4. The molecule has 5 aliphatic rings. The van der Waals surface area contributed by atoms with E-state index in [4.69, 9.17) is 80.2 Å². The van der Waals surface area contributed by atoms with Crippen LogP contribution in [0.25, 0.3) is 0 Å². The van der Waals surface area contributed by atoms with Gasteiger partial charge in [0.1, 0.15) is 73.2 Å². The van der Waals surface area contributed by atoms with Gasteiger partial charge in [0.15, 0.2) is 51.3 Å². The zero-order chi connectivity index (χ0) is 89.7. The monoisotopic (exact) mass is 1910 g/mol.